The summed E-state index contributed by atoms with van der Waals surface area (Å²) < 4.78 is 113. The molecule has 2 atom stereocenters. The molecule has 218 valence electrons. The lowest BCUT2D eigenvalue weighted by Crippen LogP contribution is -2.42. The van der Waals surface area contributed by atoms with Gasteiger partial charge < -0.3 is 4.84 Å². The molecule has 3 aromatic rings. The fraction of sp³-hybridized carbons (Fsp3) is 0.231. The maximum atomic E-state index is 14.3. The van der Waals surface area contributed by atoms with Crippen molar-refractivity contribution in [2.45, 2.75) is 36.2 Å². The van der Waals surface area contributed by atoms with Crippen molar-refractivity contribution in [3.05, 3.63) is 98.3 Å². The largest absolute Gasteiger partial charge is 0.435 e. The normalized spacial score (nSPS) is 18.9. The monoisotopic (exact) mass is 640 g/mol. The van der Waals surface area contributed by atoms with E-state index in [1.54, 1.807) is 0 Å². The van der Waals surface area contributed by atoms with Crippen LogP contribution in [0.1, 0.15) is 39.0 Å². The smallest absolute Gasteiger partial charge is 0.374 e. The zero-order valence-electron chi connectivity index (χ0n) is 20.8. The molecule has 1 aliphatic rings. The van der Waals surface area contributed by atoms with Gasteiger partial charge in [0.25, 0.3) is 11.5 Å². The molecular weight excluding hydrogens is 624 g/mol. The van der Waals surface area contributed by atoms with E-state index in [0.29, 0.717) is 6.07 Å². The Labute approximate surface area is 239 Å². The number of amides is 1. The highest BCUT2D eigenvalue weighted by Gasteiger charge is 2.62. The quantitative estimate of drug-likeness (QED) is 0.213. The Bertz CT molecular complexity index is 1690. The minimum absolute atomic E-state index is 0.0889. The maximum Gasteiger partial charge on any atom is 0.435 e. The second-order valence-electron chi connectivity index (χ2n) is 9.14. The second-order valence-corrected chi connectivity index (χ2v) is 12.2. The average Bonchev–Trinajstić information content (AvgIpc) is 3.33. The summed E-state index contributed by atoms with van der Waals surface area (Å²) in [6.07, 6.45) is -9.56. The zero-order chi connectivity index (χ0) is 30.5. The van der Waals surface area contributed by atoms with E-state index in [9.17, 15) is 39.7 Å². The zero-order valence-corrected chi connectivity index (χ0v) is 23.2. The van der Waals surface area contributed by atoms with Crippen molar-refractivity contribution in [2.75, 3.05) is 6.26 Å². The summed E-state index contributed by atoms with van der Waals surface area (Å²) in [6, 6.07) is 8.90. The van der Waals surface area contributed by atoms with E-state index in [1.807, 2.05) is 0 Å². The number of nitrogens with zero attached hydrogens (tertiary/aromatic N) is 2. The molecule has 0 fully saturated rings. The Hall–Kier alpha value is -3.16. The lowest BCUT2D eigenvalue weighted by molar-refractivity contribution is -0.275. The molecule has 15 heteroatoms. The van der Waals surface area contributed by atoms with Crippen molar-refractivity contribution in [3.8, 4) is 0 Å². The van der Waals surface area contributed by atoms with Gasteiger partial charge in [-0.1, -0.05) is 40.5 Å². The van der Waals surface area contributed by atoms with E-state index < -0.39 is 67.0 Å². The maximum absolute atomic E-state index is 14.3. The van der Waals surface area contributed by atoms with Crippen molar-refractivity contribution < 1.29 is 44.6 Å². The Balaban J connectivity index is 1.65. The highest BCUT2D eigenvalue weighted by atomic mass is 35.5. The first kappa shape index (κ1) is 30.8. The molecule has 0 aromatic heterocycles. The van der Waals surface area contributed by atoms with Gasteiger partial charge in [-0.3, -0.25) is 4.79 Å². The van der Waals surface area contributed by atoms with Crippen molar-refractivity contribution >= 4 is 44.5 Å². The second kappa shape index (κ2) is 10.6. The van der Waals surface area contributed by atoms with Gasteiger partial charge in [-0.25, -0.2) is 8.60 Å². The molecule has 5 nitrogen and oxygen atoms in total. The Morgan fingerprint density at radius 1 is 1.02 bits per heavy atom. The molecule has 1 heterocycles. The Kier molecular flexibility index (Phi) is 7.95. The van der Waals surface area contributed by atoms with E-state index in [0.717, 1.165) is 36.6 Å². The Morgan fingerprint density at radius 3 is 2.22 bits per heavy atom. The van der Waals surface area contributed by atoms with E-state index in [2.05, 4.69) is 9.52 Å². The van der Waals surface area contributed by atoms with Gasteiger partial charge in [0.1, 0.15) is 0 Å². The molecule has 0 aliphatic carbocycles. The number of carbonyl (C=O) groups is 1. The number of alkyl halides is 6. The molecular formula is C26H17Cl2F7N2O3S. The number of benzene rings is 3. The summed E-state index contributed by atoms with van der Waals surface area (Å²) in [5.41, 5.74) is -4.58. The summed E-state index contributed by atoms with van der Waals surface area (Å²) in [4.78, 5) is 17.4. The predicted octanol–water partition coefficient (Wildman–Crippen LogP) is 8.34. The third kappa shape index (κ3) is 5.93. The standard InChI is InChI=1S/C26H17Cl2F7N2O3S/c1-13-8-14(21-12-24(40-36-21,26(33,34)35)16-10-19(27)22(29)20(28)11-16)6-7-18(13)23(38)37-41(2,39)17-5-3-4-15(9-17)25(30,31)32/h3-11H,12H2,1-2H3. The minimum atomic E-state index is -5.03. The van der Waals surface area contributed by atoms with Crippen LogP contribution in [0.15, 0.2) is 69.0 Å². The molecule has 4 rings (SSSR count). The first-order chi connectivity index (χ1) is 18.9. The summed E-state index contributed by atoms with van der Waals surface area (Å²) >= 11 is 11.4. The minimum Gasteiger partial charge on any atom is -0.374 e. The van der Waals surface area contributed by atoms with Gasteiger partial charge >= 0.3 is 12.4 Å². The van der Waals surface area contributed by atoms with Crippen molar-refractivity contribution in [2.24, 2.45) is 9.52 Å². The van der Waals surface area contributed by atoms with Crippen LogP contribution in [-0.2, 0) is 26.3 Å². The number of aryl methyl sites for hydroxylation is 1. The molecule has 0 saturated carbocycles. The van der Waals surface area contributed by atoms with Crippen LogP contribution < -0.4 is 0 Å². The van der Waals surface area contributed by atoms with Crippen molar-refractivity contribution in [1.82, 2.24) is 0 Å². The summed E-state index contributed by atoms with van der Waals surface area (Å²) in [7, 11) is -3.60. The fourth-order valence-corrected chi connectivity index (χ4v) is 5.78. The van der Waals surface area contributed by atoms with Gasteiger partial charge in [-0.05, 0) is 60.5 Å². The SMILES string of the molecule is Cc1cc(C2=NOC(c3cc(Cl)c(F)c(Cl)c3)(C(F)(F)F)C2)ccc1C(=O)N=S(C)(=O)c1cccc(C(F)(F)F)c1. The van der Waals surface area contributed by atoms with Crippen LogP contribution in [-0.4, -0.2) is 28.3 Å². The molecule has 2 unspecified atom stereocenters. The number of oxime groups is 1. The number of carbonyl (C=O) groups excluding carboxylic acids is 1. The van der Waals surface area contributed by atoms with Crippen LogP contribution in [0.4, 0.5) is 30.7 Å². The average molecular weight is 641 g/mol. The van der Waals surface area contributed by atoms with Crippen LogP contribution in [0.25, 0.3) is 0 Å². The first-order valence-corrected chi connectivity index (χ1v) is 14.1. The number of hydrogen-bond acceptors (Lipinski definition) is 4. The van der Waals surface area contributed by atoms with Gasteiger partial charge in [0.15, 0.2) is 5.82 Å². The molecule has 1 aliphatic heterocycles. The molecule has 1 amide bonds. The summed E-state index contributed by atoms with van der Waals surface area (Å²) in [5.74, 6) is -2.11. The van der Waals surface area contributed by atoms with Gasteiger partial charge in [0.2, 0.25) is 0 Å². The van der Waals surface area contributed by atoms with E-state index >= 15 is 0 Å². The molecule has 0 radical (unpaired) electrons. The third-order valence-corrected chi connectivity index (χ3v) is 8.47. The van der Waals surface area contributed by atoms with Gasteiger partial charge in [0.05, 0.1) is 31.0 Å². The van der Waals surface area contributed by atoms with Crippen LogP contribution >= 0.6 is 23.2 Å². The lowest BCUT2D eigenvalue weighted by Gasteiger charge is -2.29. The lowest BCUT2D eigenvalue weighted by atomic mass is 9.86. The van der Waals surface area contributed by atoms with Crippen LogP contribution in [0, 0.1) is 12.7 Å². The molecule has 0 N–H and O–H groups in total. The van der Waals surface area contributed by atoms with Gasteiger partial charge in [-0.15, -0.1) is 0 Å². The van der Waals surface area contributed by atoms with Crippen LogP contribution in [0.2, 0.25) is 10.0 Å². The number of hydrogen-bond donors (Lipinski definition) is 0. The highest BCUT2D eigenvalue weighted by Crippen LogP contribution is 2.50. The molecule has 0 bridgehead atoms. The third-order valence-electron chi connectivity index (χ3n) is 6.28. The molecule has 0 spiro atoms. The van der Waals surface area contributed by atoms with Crippen LogP contribution in [0.5, 0.6) is 0 Å². The highest BCUT2D eigenvalue weighted by molar-refractivity contribution is 7.93. The van der Waals surface area contributed by atoms with Crippen LogP contribution in [0.3, 0.4) is 0 Å². The Morgan fingerprint density at radius 2 is 1.66 bits per heavy atom. The molecule has 0 saturated heterocycles. The fourth-order valence-electron chi connectivity index (χ4n) is 4.10. The molecule has 3 aromatic carbocycles. The number of rotatable bonds is 4. The summed E-state index contributed by atoms with van der Waals surface area (Å²) in [5, 5.41) is 2.31. The predicted molar refractivity (Wildman–Crippen MR) is 138 cm³/mol. The van der Waals surface area contributed by atoms with E-state index in [4.69, 9.17) is 28.0 Å². The number of halogens is 9. The topological polar surface area (TPSA) is 68.1 Å². The first-order valence-electron chi connectivity index (χ1n) is 11.4. The van der Waals surface area contributed by atoms with Crippen molar-refractivity contribution in [3.63, 3.8) is 0 Å². The van der Waals surface area contributed by atoms with Gasteiger partial charge in [-0.2, -0.15) is 30.7 Å². The van der Waals surface area contributed by atoms with Gasteiger partial charge in [0, 0.05) is 28.7 Å². The van der Waals surface area contributed by atoms with E-state index in [-0.39, 0.29) is 27.3 Å². The summed E-state index contributed by atoms with van der Waals surface area (Å²) in [6.45, 7) is 1.43. The van der Waals surface area contributed by atoms with Crippen molar-refractivity contribution in [1.29, 1.82) is 0 Å². The molecule has 41 heavy (non-hydrogen) atoms. The van der Waals surface area contributed by atoms with E-state index in [1.165, 1.54) is 25.1 Å².